The molecule has 2 aromatic carbocycles. The number of benzene rings is 2. The second kappa shape index (κ2) is 6.53. The summed E-state index contributed by atoms with van der Waals surface area (Å²) in [6.45, 7) is 0. The van der Waals surface area contributed by atoms with Gasteiger partial charge in [-0.05, 0) is 29.3 Å². The van der Waals surface area contributed by atoms with E-state index in [1.54, 1.807) is 7.11 Å². The highest BCUT2D eigenvalue weighted by molar-refractivity contribution is 9.10. The quantitative estimate of drug-likeness (QED) is 0.838. The zero-order chi connectivity index (χ0) is 13.7. The van der Waals surface area contributed by atoms with Crippen molar-refractivity contribution in [3.63, 3.8) is 0 Å². The van der Waals surface area contributed by atoms with E-state index in [1.807, 2.05) is 48.5 Å². The Morgan fingerprint density at radius 1 is 1.05 bits per heavy atom. The van der Waals surface area contributed by atoms with Crippen molar-refractivity contribution in [2.24, 2.45) is 0 Å². The third-order valence-electron chi connectivity index (χ3n) is 2.91. The number of Topliss-reactive ketones (excluding diaryl/α,β-unsaturated/α-hetero) is 1. The molecule has 0 heterocycles. The molecule has 0 saturated carbocycles. The standard InChI is InChI=1S/C16H15BrO2/c1-19-15-8-6-12(7-9-15)10-14(18)11-13-4-2-3-5-16(13)17/h2-9H,10-11H2,1H3. The van der Waals surface area contributed by atoms with Gasteiger partial charge in [-0.1, -0.05) is 46.3 Å². The molecule has 2 nitrogen and oxygen atoms in total. The van der Waals surface area contributed by atoms with Crippen LogP contribution < -0.4 is 4.74 Å². The van der Waals surface area contributed by atoms with Crippen LogP contribution in [0.15, 0.2) is 53.0 Å². The van der Waals surface area contributed by atoms with Gasteiger partial charge in [-0.3, -0.25) is 4.79 Å². The molecule has 0 aromatic heterocycles. The highest BCUT2D eigenvalue weighted by atomic mass is 79.9. The van der Waals surface area contributed by atoms with Gasteiger partial charge in [0.25, 0.3) is 0 Å². The van der Waals surface area contributed by atoms with E-state index in [1.165, 1.54) is 0 Å². The second-order valence-electron chi connectivity index (χ2n) is 4.33. The number of methoxy groups -OCH3 is 1. The summed E-state index contributed by atoms with van der Waals surface area (Å²) in [5, 5.41) is 0. The Morgan fingerprint density at radius 2 is 1.74 bits per heavy atom. The summed E-state index contributed by atoms with van der Waals surface area (Å²) in [6, 6.07) is 15.4. The second-order valence-corrected chi connectivity index (χ2v) is 5.19. The van der Waals surface area contributed by atoms with Crippen LogP contribution in [0.4, 0.5) is 0 Å². The molecule has 0 bridgehead atoms. The van der Waals surface area contributed by atoms with E-state index < -0.39 is 0 Å². The fourth-order valence-corrected chi connectivity index (χ4v) is 2.31. The van der Waals surface area contributed by atoms with Crippen molar-refractivity contribution in [3.8, 4) is 5.75 Å². The lowest BCUT2D eigenvalue weighted by Crippen LogP contribution is -2.07. The summed E-state index contributed by atoms with van der Waals surface area (Å²) in [7, 11) is 1.63. The van der Waals surface area contributed by atoms with Gasteiger partial charge in [0.1, 0.15) is 11.5 Å². The highest BCUT2D eigenvalue weighted by Gasteiger charge is 2.07. The predicted octanol–water partition coefficient (Wildman–Crippen LogP) is 3.81. The van der Waals surface area contributed by atoms with Gasteiger partial charge in [0, 0.05) is 17.3 Å². The molecule has 0 unspecified atom stereocenters. The van der Waals surface area contributed by atoms with E-state index in [-0.39, 0.29) is 5.78 Å². The summed E-state index contributed by atoms with van der Waals surface area (Å²) < 4.78 is 6.08. The van der Waals surface area contributed by atoms with Gasteiger partial charge in [-0.2, -0.15) is 0 Å². The van der Waals surface area contributed by atoms with Crippen molar-refractivity contribution in [3.05, 3.63) is 64.1 Å². The van der Waals surface area contributed by atoms with Crippen molar-refractivity contribution < 1.29 is 9.53 Å². The van der Waals surface area contributed by atoms with Crippen molar-refractivity contribution in [2.45, 2.75) is 12.8 Å². The van der Waals surface area contributed by atoms with E-state index in [0.29, 0.717) is 12.8 Å². The summed E-state index contributed by atoms with van der Waals surface area (Å²) in [6.07, 6.45) is 0.902. The van der Waals surface area contributed by atoms with Crippen molar-refractivity contribution in [1.82, 2.24) is 0 Å². The van der Waals surface area contributed by atoms with Crippen molar-refractivity contribution >= 4 is 21.7 Å². The predicted molar refractivity (Wildman–Crippen MR) is 79.6 cm³/mol. The fraction of sp³-hybridized carbons (Fsp3) is 0.188. The van der Waals surface area contributed by atoms with Gasteiger partial charge in [0.2, 0.25) is 0 Å². The van der Waals surface area contributed by atoms with Gasteiger partial charge >= 0.3 is 0 Å². The Bertz CT molecular complexity index is 561. The molecule has 0 amide bonds. The van der Waals surface area contributed by atoms with Gasteiger partial charge in [-0.15, -0.1) is 0 Å². The smallest absolute Gasteiger partial charge is 0.141 e. The normalized spacial score (nSPS) is 10.2. The number of ketones is 1. The average molecular weight is 319 g/mol. The van der Waals surface area contributed by atoms with Crippen molar-refractivity contribution in [2.75, 3.05) is 7.11 Å². The fourth-order valence-electron chi connectivity index (χ4n) is 1.89. The van der Waals surface area contributed by atoms with E-state index in [0.717, 1.165) is 21.3 Å². The monoisotopic (exact) mass is 318 g/mol. The minimum absolute atomic E-state index is 0.206. The first kappa shape index (κ1) is 13.8. The van der Waals surface area contributed by atoms with Crippen LogP contribution in [0.3, 0.4) is 0 Å². The lowest BCUT2D eigenvalue weighted by Gasteiger charge is -2.05. The minimum atomic E-state index is 0.206. The Morgan fingerprint density at radius 3 is 2.37 bits per heavy atom. The third-order valence-corrected chi connectivity index (χ3v) is 3.68. The van der Waals surface area contributed by atoms with Crippen LogP contribution in [0.2, 0.25) is 0 Å². The highest BCUT2D eigenvalue weighted by Crippen LogP contribution is 2.18. The molecule has 2 rings (SSSR count). The molecule has 0 aliphatic rings. The van der Waals surface area contributed by atoms with Gasteiger partial charge in [0.15, 0.2) is 0 Å². The minimum Gasteiger partial charge on any atom is -0.497 e. The van der Waals surface area contributed by atoms with E-state index in [9.17, 15) is 4.79 Å². The molecule has 98 valence electrons. The maximum atomic E-state index is 12.0. The molecular weight excluding hydrogens is 304 g/mol. The van der Waals surface area contributed by atoms with Crippen LogP contribution in [0.5, 0.6) is 5.75 Å². The van der Waals surface area contributed by atoms with Gasteiger partial charge < -0.3 is 4.74 Å². The lowest BCUT2D eigenvalue weighted by molar-refractivity contribution is -0.117. The van der Waals surface area contributed by atoms with Gasteiger partial charge in [0.05, 0.1) is 7.11 Å². The Kier molecular flexibility index (Phi) is 4.74. The molecular formula is C16H15BrO2. The van der Waals surface area contributed by atoms with E-state index in [4.69, 9.17) is 4.74 Å². The molecule has 2 aromatic rings. The summed E-state index contributed by atoms with van der Waals surface area (Å²) in [5.74, 6) is 1.01. The summed E-state index contributed by atoms with van der Waals surface area (Å²) in [5.41, 5.74) is 2.04. The number of carbonyl (C=O) groups is 1. The Labute approximate surface area is 121 Å². The van der Waals surface area contributed by atoms with Crippen LogP contribution in [-0.4, -0.2) is 12.9 Å². The average Bonchev–Trinajstić information content (AvgIpc) is 2.42. The SMILES string of the molecule is COc1ccc(CC(=O)Cc2ccccc2Br)cc1. The molecule has 0 spiro atoms. The summed E-state index contributed by atoms with van der Waals surface area (Å²) in [4.78, 5) is 12.0. The molecule has 0 saturated heterocycles. The number of carbonyl (C=O) groups excluding carboxylic acids is 1. The molecule has 0 fully saturated rings. The molecule has 3 heteroatoms. The zero-order valence-electron chi connectivity index (χ0n) is 10.7. The maximum absolute atomic E-state index is 12.0. The maximum Gasteiger partial charge on any atom is 0.141 e. The molecule has 0 aliphatic carbocycles. The van der Waals surface area contributed by atoms with Gasteiger partial charge in [-0.25, -0.2) is 0 Å². The Hall–Kier alpha value is -1.61. The van der Waals surface area contributed by atoms with Crippen LogP contribution in [0.25, 0.3) is 0 Å². The summed E-state index contributed by atoms with van der Waals surface area (Å²) >= 11 is 3.46. The third kappa shape index (κ3) is 3.93. The van der Waals surface area contributed by atoms with Crippen molar-refractivity contribution in [1.29, 1.82) is 0 Å². The van der Waals surface area contributed by atoms with Crippen LogP contribution in [0, 0.1) is 0 Å². The topological polar surface area (TPSA) is 26.3 Å². The zero-order valence-corrected chi connectivity index (χ0v) is 12.3. The van der Waals surface area contributed by atoms with Crippen LogP contribution in [-0.2, 0) is 17.6 Å². The van der Waals surface area contributed by atoms with E-state index in [2.05, 4.69) is 15.9 Å². The number of halogens is 1. The molecule has 0 aliphatic heterocycles. The molecule has 0 radical (unpaired) electrons. The number of hydrogen-bond donors (Lipinski definition) is 0. The first-order valence-electron chi connectivity index (χ1n) is 6.07. The first-order valence-corrected chi connectivity index (χ1v) is 6.86. The Balaban J connectivity index is 1.99. The van der Waals surface area contributed by atoms with E-state index >= 15 is 0 Å². The van der Waals surface area contributed by atoms with Crippen LogP contribution >= 0.6 is 15.9 Å². The van der Waals surface area contributed by atoms with Crippen LogP contribution in [0.1, 0.15) is 11.1 Å². The molecule has 0 N–H and O–H groups in total. The number of hydrogen-bond acceptors (Lipinski definition) is 2. The lowest BCUT2D eigenvalue weighted by atomic mass is 10.0. The number of ether oxygens (including phenoxy) is 1. The number of rotatable bonds is 5. The molecule has 0 atom stereocenters. The first-order chi connectivity index (χ1) is 9.19. The largest absolute Gasteiger partial charge is 0.497 e. The molecule has 19 heavy (non-hydrogen) atoms.